The van der Waals surface area contributed by atoms with E-state index in [1.807, 2.05) is 6.92 Å². The number of amides is 1. The van der Waals surface area contributed by atoms with Gasteiger partial charge in [0.2, 0.25) is 0 Å². The molecule has 0 saturated carbocycles. The number of carboxylic acid groups (broad SMARTS) is 1. The molecule has 1 heterocycles. The summed E-state index contributed by atoms with van der Waals surface area (Å²) in [5, 5.41) is 11.0. The molecule has 0 aliphatic rings. The largest absolute Gasteiger partial charge is 0.545 e. The van der Waals surface area contributed by atoms with Gasteiger partial charge in [0.1, 0.15) is 5.58 Å². The van der Waals surface area contributed by atoms with Gasteiger partial charge in [0.05, 0.1) is 21.3 Å². The number of hydrogen-bond donors (Lipinski definition) is 0. The Labute approximate surface area is 186 Å². The summed E-state index contributed by atoms with van der Waals surface area (Å²) in [5.41, 5.74) is 1.08. The Morgan fingerprint density at radius 1 is 0.938 bits per heavy atom. The molecule has 162 valence electrons. The molecule has 0 N–H and O–H groups in total. The minimum atomic E-state index is -4.45. The van der Waals surface area contributed by atoms with Crippen LogP contribution in [0.5, 0.6) is 0 Å². The summed E-state index contributed by atoms with van der Waals surface area (Å²) in [6, 6.07) is 14.9. The number of rotatable bonds is 5. The molecule has 32 heavy (non-hydrogen) atoms. The standard InChI is InChI=1S/C22H15NO7S2/c1-13-2-4-14(5-3-13)20(24)23(16-8-11-18-19(12-16)31-22(27)30-18)32(28,29)17-9-6-15(7-10-17)21(25)26/h2-12H,1H3,(H,25,26)/p-1. The van der Waals surface area contributed by atoms with Crippen LogP contribution in [0.25, 0.3) is 10.3 Å². The number of aryl methyl sites for hydroxylation is 1. The lowest BCUT2D eigenvalue weighted by atomic mass is 10.1. The smallest absolute Gasteiger partial charge is 0.396 e. The van der Waals surface area contributed by atoms with Crippen molar-refractivity contribution in [3.8, 4) is 0 Å². The number of anilines is 1. The third-order valence-electron chi connectivity index (χ3n) is 4.66. The highest BCUT2D eigenvalue weighted by Crippen LogP contribution is 2.30. The second kappa shape index (κ2) is 8.06. The zero-order valence-corrected chi connectivity index (χ0v) is 18.1. The van der Waals surface area contributed by atoms with Crippen LogP contribution < -0.4 is 14.4 Å². The van der Waals surface area contributed by atoms with Gasteiger partial charge in [-0.25, -0.2) is 13.2 Å². The van der Waals surface area contributed by atoms with Crippen molar-refractivity contribution in [1.29, 1.82) is 0 Å². The van der Waals surface area contributed by atoms with Crippen molar-refractivity contribution >= 4 is 49.2 Å². The van der Waals surface area contributed by atoms with Crippen molar-refractivity contribution < 1.29 is 27.5 Å². The SMILES string of the molecule is Cc1ccc(C(=O)N(c2ccc3oc(=O)sc3c2)S(=O)(=O)c2ccc(C(=O)[O-])cc2)cc1. The lowest BCUT2D eigenvalue weighted by molar-refractivity contribution is -0.255. The maximum atomic E-state index is 13.5. The van der Waals surface area contributed by atoms with E-state index >= 15 is 0 Å². The number of sulfonamides is 1. The summed E-state index contributed by atoms with van der Waals surface area (Å²) in [7, 11) is -4.45. The molecule has 10 heteroatoms. The van der Waals surface area contributed by atoms with Crippen molar-refractivity contribution in [2.45, 2.75) is 11.8 Å². The van der Waals surface area contributed by atoms with Crippen LogP contribution in [-0.4, -0.2) is 20.3 Å². The van der Waals surface area contributed by atoms with Crippen LogP contribution in [-0.2, 0) is 10.0 Å². The van der Waals surface area contributed by atoms with Crippen molar-refractivity contribution in [3.05, 3.63) is 93.2 Å². The highest BCUT2D eigenvalue weighted by Gasteiger charge is 2.32. The van der Waals surface area contributed by atoms with Crippen molar-refractivity contribution in [1.82, 2.24) is 0 Å². The topological polar surface area (TPSA) is 125 Å². The van der Waals surface area contributed by atoms with E-state index in [4.69, 9.17) is 4.42 Å². The predicted molar refractivity (Wildman–Crippen MR) is 116 cm³/mol. The summed E-state index contributed by atoms with van der Waals surface area (Å²) < 4.78 is 33.0. The summed E-state index contributed by atoms with van der Waals surface area (Å²) in [5.74, 6) is -2.27. The zero-order valence-electron chi connectivity index (χ0n) is 16.5. The summed E-state index contributed by atoms with van der Waals surface area (Å²) in [6.07, 6.45) is 0. The first-order valence-electron chi connectivity index (χ1n) is 9.18. The Balaban J connectivity index is 1.89. The number of fused-ring (bicyclic) bond motifs is 1. The summed E-state index contributed by atoms with van der Waals surface area (Å²) in [6.45, 7) is 1.83. The second-order valence-electron chi connectivity index (χ2n) is 6.84. The molecular weight excluding hydrogens is 454 g/mol. The Hall–Kier alpha value is -3.76. The monoisotopic (exact) mass is 468 g/mol. The lowest BCUT2D eigenvalue weighted by Crippen LogP contribution is -2.37. The van der Waals surface area contributed by atoms with Crippen LogP contribution in [0.3, 0.4) is 0 Å². The van der Waals surface area contributed by atoms with Gasteiger partial charge in [0.25, 0.3) is 15.9 Å². The normalized spacial score (nSPS) is 11.4. The molecular formula is C22H14NO7S2-. The average molecular weight is 468 g/mol. The van der Waals surface area contributed by atoms with Gasteiger partial charge < -0.3 is 14.3 Å². The highest BCUT2D eigenvalue weighted by atomic mass is 32.2. The van der Waals surface area contributed by atoms with Crippen LogP contribution in [0.2, 0.25) is 0 Å². The molecule has 0 saturated heterocycles. The van der Waals surface area contributed by atoms with Gasteiger partial charge in [0.15, 0.2) is 0 Å². The number of carbonyl (C=O) groups is 2. The molecule has 0 radical (unpaired) electrons. The van der Waals surface area contributed by atoms with Crippen LogP contribution in [0.15, 0.2) is 80.8 Å². The molecule has 4 aromatic rings. The number of aromatic carboxylic acids is 1. The van der Waals surface area contributed by atoms with Crippen LogP contribution in [0.1, 0.15) is 26.3 Å². The van der Waals surface area contributed by atoms with Gasteiger partial charge in [-0.1, -0.05) is 41.2 Å². The molecule has 8 nitrogen and oxygen atoms in total. The van der Waals surface area contributed by atoms with Crippen molar-refractivity contribution in [2.24, 2.45) is 0 Å². The maximum absolute atomic E-state index is 13.5. The molecule has 0 aliphatic carbocycles. The van der Waals surface area contributed by atoms with Gasteiger partial charge in [-0.3, -0.25) is 4.79 Å². The number of carboxylic acids is 1. The number of nitrogens with zero attached hydrogens (tertiary/aromatic N) is 1. The number of hydrogen-bond acceptors (Lipinski definition) is 8. The van der Waals surface area contributed by atoms with Gasteiger partial charge in [0, 0.05) is 5.56 Å². The Morgan fingerprint density at radius 3 is 2.19 bits per heavy atom. The fourth-order valence-electron chi connectivity index (χ4n) is 3.03. The lowest BCUT2D eigenvalue weighted by Gasteiger charge is -2.23. The summed E-state index contributed by atoms with van der Waals surface area (Å²) >= 11 is 0.778. The fourth-order valence-corrected chi connectivity index (χ4v) is 5.14. The highest BCUT2D eigenvalue weighted by molar-refractivity contribution is 7.93. The Morgan fingerprint density at radius 2 is 1.56 bits per heavy atom. The zero-order chi connectivity index (χ0) is 23.0. The Bertz CT molecular complexity index is 1500. The predicted octanol–water partition coefficient (Wildman–Crippen LogP) is 2.56. The first-order valence-corrected chi connectivity index (χ1v) is 11.4. The van der Waals surface area contributed by atoms with E-state index in [9.17, 15) is 27.9 Å². The minimum absolute atomic E-state index is 0.00380. The number of benzene rings is 3. The fraction of sp³-hybridized carbons (Fsp3) is 0.0455. The van der Waals surface area contributed by atoms with Gasteiger partial charge in [-0.2, -0.15) is 4.31 Å². The molecule has 0 aliphatic heterocycles. The quantitative estimate of drug-likeness (QED) is 0.441. The molecule has 4 rings (SSSR count). The van der Waals surface area contributed by atoms with Crippen molar-refractivity contribution in [2.75, 3.05) is 4.31 Å². The van der Waals surface area contributed by atoms with Crippen LogP contribution in [0.4, 0.5) is 5.69 Å². The van der Waals surface area contributed by atoms with E-state index in [0.717, 1.165) is 41.2 Å². The van der Waals surface area contributed by atoms with Gasteiger partial charge >= 0.3 is 4.94 Å². The molecule has 3 aromatic carbocycles. The molecule has 0 spiro atoms. The Kier molecular flexibility index (Phi) is 5.41. The molecule has 0 unspecified atom stereocenters. The average Bonchev–Trinajstić information content (AvgIpc) is 3.13. The molecule has 0 fully saturated rings. The molecule has 1 amide bonds. The van der Waals surface area contributed by atoms with E-state index in [0.29, 0.717) is 9.01 Å². The van der Waals surface area contributed by atoms with Gasteiger partial charge in [-0.15, -0.1) is 0 Å². The van der Waals surface area contributed by atoms with E-state index in [1.54, 1.807) is 12.1 Å². The van der Waals surface area contributed by atoms with Crippen LogP contribution >= 0.6 is 11.3 Å². The van der Waals surface area contributed by atoms with Crippen molar-refractivity contribution in [3.63, 3.8) is 0 Å². The van der Waals surface area contributed by atoms with E-state index < -0.39 is 26.8 Å². The van der Waals surface area contributed by atoms with Gasteiger partial charge in [-0.05, 0) is 55.0 Å². The molecule has 0 bridgehead atoms. The van der Waals surface area contributed by atoms with E-state index in [1.165, 1.54) is 30.3 Å². The molecule has 0 atom stereocenters. The minimum Gasteiger partial charge on any atom is -0.545 e. The first-order chi connectivity index (χ1) is 15.2. The molecule has 1 aromatic heterocycles. The third kappa shape index (κ3) is 3.93. The second-order valence-corrected chi connectivity index (χ2v) is 9.60. The van der Waals surface area contributed by atoms with Crippen LogP contribution in [0, 0.1) is 6.92 Å². The van der Waals surface area contributed by atoms with E-state index in [2.05, 4.69) is 0 Å². The third-order valence-corrected chi connectivity index (χ3v) is 7.17. The number of carbonyl (C=O) groups excluding carboxylic acids is 2. The van der Waals surface area contributed by atoms with E-state index in [-0.39, 0.29) is 27.3 Å². The first kappa shape index (κ1) is 21.5. The summed E-state index contributed by atoms with van der Waals surface area (Å²) in [4.78, 5) is 35.1. The maximum Gasteiger partial charge on any atom is 0.396 e.